The van der Waals surface area contributed by atoms with E-state index in [2.05, 4.69) is 17.2 Å². The molecule has 0 fully saturated rings. The third-order valence-corrected chi connectivity index (χ3v) is 5.74. The summed E-state index contributed by atoms with van der Waals surface area (Å²) in [6.07, 6.45) is 0.519. The van der Waals surface area contributed by atoms with Crippen LogP contribution in [-0.4, -0.2) is 5.91 Å². The lowest BCUT2D eigenvalue weighted by molar-refractivity contribution is -0.119. The molecule has 1 amide bonds. The van der Waals surface area contributed by atoms with Gasteiger partial charge in [0.2, 0.25) is 5.91 Å². The fraction of sp³-hybridized carbons (Fsp3) is 0.107. The lowest BCUT2D eigenvalue weighted by Crippen LogP contribution is -2.39. The first-order valence-electron chi connectivity index (χ1n) is 10.3. The molecule has 152 valence electrons. The predicted octanol–water partition coefficient (Wildman–Crippen LogP) is 6.83. The Kier molecular flexibility index (Phi) is 6.07. The molecule has 4 rings (SSSR count). The van der Waals surface area contributed by atoms with E-state index in [0.29, 0.717) is 11.4 Å². The van der Waals surface area contributed by atoms with Gasteiger partial charge in [-0.3, -0.25) is 4.79 Å². The van der Waals surface area contributed by atoms with Crippen LogP contribution in [0, 0.1) is 11.8 Å². The van der Waals surface area contributed by atoms with Gasteiger partial charge < -0.3 is 5.32 Å². The Hall–Kier alpha value is -3.54. The Morgan fingerprint density at radius 3 is 2.29 bits per heavy atom. The molecule has 0 spiro atoms. The number of nitrogens with one attached hydrogen (secondary N) is 1. The maximum atomic E-state index is 13.8. The third-order valence-electron chi connectivity index (χ3n) is 5.49. The Labute approximate surface area is 187 Å². The summed E-state index contributed by atoms with van der Waals surface area (Å²) < 4.78 is 0. The number of anilines is 1. The molecule has 0 radical (unpaired) electrons. The topological polar surface area (TPSA) is 29.1 Å². The van der Waals surface area contributed by atoms with Crippen LogP contribution in [0.1, 0.15) is 24.5 Å². The van der Waals surface area contributed by atoms with Gasteiger partial charge in [0.25, 0.3) is 0 Å². The van der Waals surface area contributed by atoms with Gasteiger partial charge in [0.15, 0.2) is 0 Å². The zero-order valence-electron chi connectivity index (χ0n) is 17.2. The van der Waals surface area contributed by atoms with Crippen molar-refractivity contribution in [2.45, 2.75) is 18.8 Å². The summed E-state index contributed by atoms with van der Waals surface area (Å²) in [7, 11) is 0. The normalized spacial score (nSPS) is 12.5. The largest absolute Gasteiger partial charge is 0.324 e. The summed E-state index contributed by atoms with van der Waals surface area (Å²) in [6.45, 7) is 1.98. The van der Waals surface area contributed by atoms with Crippen LogP contribution in [-0.2, 0) is 10.2 Å². The summed E-state index contributed by atoms with van der Waals surface area (Å²) in [5.41, 5.74) is 1.45. The van der Waals surface area contributed by atoms with Crippen LogP contribution in [0.15, 0.2) is 97.1 Å². The van der Waals surface area contributed by atoms with Gasteiger partial charge in [-0.25, -0.2) is 0 Å². The lowest BCUT2D eigenvalue weighted by Gasteiger charge is -2.27. The molecular weight excluding hydrogens is 402 g/mol. The summed E-state index contributed by atoms with van der Waals surface area (Å²) in [4.78, 5) is 13.8. The minimum atomic E-state index is -1.02. The van der Waals surface area contributed by atoms with Crippen LogP contribution in [0.5, 0.6) is 0 Å². The molecule has 1 atom stereocenters. The Morgan fingerprint density at radius 1 is 0.871 bits per heavy atom. The van der Waals surface area contributed by atoms with Crippen LogP contribution >= 0.6 is 11.6 Å². The van der Waals surface area contributed by atoms with Crippen LogP contribution in [0.25, 0.3) is 10.8 Å². The molecule has 0 saturated carbocycles. The molecule has 3 heteroatoms. The minimum absolute atomic E-state index is 0.155. The van der Waals surface area contributed by atoms with Gasteiger partial charge in [-0.2, -0.15) is 0 Å². The molecule has 31 heavy (non-hydrogen) atoms. The molecule has 0 aliphatic heterocycles. The van der Waals surface area contributed by atoms with Gasteiger partial charge in [-0.05, 0) is 47.7 Å². The van der Waals surface area contributed by atoms with Crippen molar-refractivity contribution >= 4 is 34.0 Å². The molecule has 0 saturated heterocycles. The highest BCUT2D eigenvalue weighted by molar-refractivity contribution is 6.30. The van der Waals surface area contributed by atoms with Gasteiger partial charge in [0.1, 0.15) is 5.41 Å². The molecule has 4 aromatic carbocycles. The smallest absolute Gasteiger partial charge is 0.247 e. The summed E-state index contributed by atoms with van der Waals surface area (Å²) in [5.74, 6) is 6.35. The van der Waals surface area contributed by atoms with Crippen molar-refractivity contribution in [1.29, 1.82) is 0 Å². The van der Waals surface area contributed by atoms with Crippen molar-refractivity contribution < 1.29 is 4.79 Å². The maximum absolute atomic E-state index is 13.8. The molecular formula is C28H22ClNO. The molecule has 0 aliphatic rings. The van der Waals surface area contributed by atoms with E-state index in [1.807, 2.05) is 91.9 Å². The van der Waals surface area contributed by atoms with Crippen molar-refractivity contribution in [2.24, 2.45) is 0 Å². The van der Waals surface area contributed by atoms with E-state index < -0.39 is 5.41 Å². The van der Waals surface area contributed by atoms with Crippen LogP contribution in [0.2, 0.25) is 5.02 Å². The second-order valence-electron chi connectivity index (χ2n) is 7.36. The van der Waals surface area contributed by atoms with Crippen molar-refractivity contribution in [1.82, 2.24) is 0 Å². The quantitative estimate of drug-likeness (QED) is 0.358. The predicted molar refractivity (Wildman–Crippen MR) is 129 cm³/mol. The third kappa shape index (κ3) is 4.33. The molecule has 2 nitrogen and oxygen atoms in total. The molecule has 0 unspecified atom stereocenters. The van der Waals surface area contributed by atoms with Crippen molar-refractivity contribution in [3.05, 3.63) is 113 Å². The molecule has 4 aromatic rings. The SMILES string of the molecule is CC[C@](C#Cc1ccccc1)(C(=O)Nc1cccc2ccccc12)c1ccc(Cl)cc1. The zero-order chi connectivity index (χ0) is 21.7. The van der Waals surface area contributed by atoms with E-state index in [1.165, 1.54) is 0 Å². The highest BCUT2D eigenvalue weighted by Gasteiger charge is 2.37. The second kappa shape index (κ2) is 9.08. The van der Waals surface area contributed by atoms with Crippen LogP contribution in [0.4, 0.5) is 5.69 Å². The molecule has 0 heterocycles. The van der Waals surface area contributed by atoms with E-state index in [1.54, 1.807) is 12.1 Å². The van der Waals surface area contributed by atoms with E-state index in [9.17, 15) is 4.79 Å². The summed E-state index contributed by atoms with van der Waals surface area (Å²) in [5, 5.41) is 5.85. The monoisotopic (exact) mass is 423 g/mol. The fourth-order valence-electron chi connectivity index (χ4n) is 3.71. The molecule has 1 N–H and O–H groups in total. The highest BCUT2D eigenvalue weighted by Crippen LogP contribution is 2.32. The van der Waals surface area contributed by atoms with Crippen molar-refractivity contribution in [2.75, 3.05) is 5.32 Å². The number of hydrogen-bond acceptors (Lipinski definition) is 1. The van der Waals surface area contributed by atoms with E-state index in [4.69, 9.17) is 11.6 Å². The van der Waals surface area contributed by atoms with E-state index in [-0.39, 0.29) is 5.91 Å². The number of carbonyl (C=O) groups excluding carboxylic acids is 1. The van der Waals surface area contributed by atoms with Gasteiger partial charge in [0, 0.05) is 21.7 Å². The maximum Gasteiger partial charge on any atom is 0.247 e. The van der Waals surface area contributed by atoms with E-state index in [0.717, 1.165) is 27.6 Å². The fourth-order valence-corrected chi connectivity index (χ4v) is 3.84. The Bertz CT molecular complexity index is 1260. The van der Waals surface area contributed by atoms with Gasteiger partial charge in [-0.15, -0.1) is 0 Å². The first kappa shape index (κ1) is 20.7. The first-order valence-corrected chi connectivity index (χ1v) is 10.6. The number of fused-ring (bicyclic) bond motifs is 1. The highest BCUT2D eigenvalue weighted by atomic mass is 35.5. The van der Waals surface area contributed by atoms with Crippen LogP contribution < -0.4 is 5.32 Å². The summed E-state index contributed by atoms with van der Waals surface area (Å²) >= 11 is 6.12. The Morgan fingerprint density at radius 2 is 1.55 bits per heavy atom. The minimum Gasteiger partial charge on any atom is -0.324 e. The first-order chi connectivity index (χ1) is 15.1. The van der Waals surface area contributed by atoms with E-state index >= 15 is 0 Å². The zero-order valence-corrected chi connectivity index (χ0v) is 18.0. The number of hydrogen-bond donors (Lipinski definition) is 1. The van der Waals surface area contributed by atoms with Crippen molar-refractivity contribution in [3.63, 3.8) is 0 Å². The average molecular weight is 424 g/mol. The van der Waals surface area contributed by atoms with Crippen molar-refractivity contribution in [3.8, 4) is 11.8 Å². The Balaban J connectivity index is 1.80. The number of benzene rings is 4. The average Bonchev–Trinajstić information content (AvgIpc) is 2.82. The second-order valence-corrected chi connectivity index (χ2v) is 7.80. The number of halogens is 1. The lowest BCUT2D eigenvalue weighted by atomic mass is 9.77. The number of amides is 1. The molecule has 0 aromatic heterocycles. The van der Waals surface area contributed by atoms with Gasteiger partial charge in [-0.1, -0.05) is 97.1 Å². The van der Waals surface area contributed by atoms with Gasteiger partial charge in [0.05, 0.1) is 0 Å². The number of carbonyl (C=O) groups is 1. The van der Waals surface area contributed by atoms with Crippen LogP contribution in [0.3, 0.4) is 0 Å². The summed E-state index contributed by atoms with van der Waals surface area (Å²) in [6, 6.07) is 31.0. The number of rotatable bonds is 4. The van der Waals surface area contributed by atoms with Gasteiger partial charge >= 0.3 is 0 Å². The standard InChI is InChI=1S/C28H22ClNO/c1-2-28(23-15-17-24(29)18-16-23,20-19-21-9-4-3-5-10-21)27(31)30-26-14-8-12-22-11-6-7-13-25(22)26/h3-18H,2H2,1H3,(H,30,31)/t28-/m1/s1. The molecule has 0 bridgehead atoms. The molecule has 0 aliphatic carbocycles.